The fraction of sp³-hybridized carbons (Fsp3) is 0.900. The predicted octanol–water partition coefficient (Wildman–Crippen LogP) is 2.52. The smallest absolute Gasteiger partial charge is 0.331 e. The van der Waals surface area contributed by atoms with Gasteiger partial charge in [0.25, 0.3) is 0 Å². The third-order valence-electron chi connectivity index (χ3n) is 3.79. The quantitative estimate of drug-likeness (QED) is 0.212. The zero-order valence-corrected chi connectivity index (χ0v) is 17.6. The number of hydrogen-bond donors (Lipinski definition) is 0. The summed E-state index contributed by atoms with van der Waals surface area (Å²) in [5.41, 5.74) is 0. The van der Waals surface area contributed by atoms with Crippen LogP contribution in [0.3, 0.4) is 0 Å². The van der Waals surface area contributed by atoms with Gasteiger partial charge in [0.15, 0.2) is 0 Å². The van der Waals surface area contributed by atoms with Crippen molar-refractivity contribution >= 4 is 11.9 Å². The molecule has 0 bridgehead atoms. The molecule has 28 heavy (non-hydrogen) atoms. The molecule has 166 valence electrons. The summed E-state index contributed by atoms with van der Waals surface area (Å²) in [7, 11) is 1.31. The molecule has 0 saturated heterocycles. The molecule has 8 heteroatoms. The lowest BCUT2D eigenvalue weighted by Gasteiger charge is -2.08. The molecule has 0 aromatic heterocycles. The van der Waals surface area contributed by atoms with Crippen molar-refractivity contribution in [1.29, 1.82) is 0 Å². The molecule has 0 amide bonds. The van der Waals surface area contributed by atoms with E-state index < -0.39 is 5.97 Å². The zero-order chi connectivity index (χ0) is 20.7. The van der Waals surface area contributed by atoms with Gasteiger partial charge in [0.2, 0.25) is 0 Å². The fourth-order valence-electron chi connectivity index (χ4n) is 2.21. The van der Waals surface area contributed by atoms with Gasteiger partial charge in [-0.3, -0.25) is 4.79 Å². The molecular formula is C20H38O8. The molecule has 0 heterocycles. The number of methoxy groups -OCH3 is 1. The molecule has 0 aromatic rings. The Morgan fingerprint density at radius 1 is 0.607 bits per heavy atom. The summed E-state index contributed by atoms with van der Waals surface area (Å²) < 4.78 is 30.6. The van der Waals surface area contributed by atoms with Crippen molar-refractivity contribution in [3.63, 3.8) is 0 Å². The lowest BCUT2D eigenvalue weighted by atomic mass is 10.1. The van der Waals surface area contributed by atoms with Crippen LogP contribution in [-0.2, 0) is 38.0 Å². The molecule has 8 nitrogen and oxygen atoms in total. The maximum atomic E-state index is 11.5. The van der Waals surface area contributed by atoms with E-state index in [1.807, 2.05) is 0 Å². The van der Waals surface area contributed by atoms with Crippen molar-refractivity contribution in [1.82, 2.24) is 0 Å². The molecular weight excluding hydrogens is 368 g/mol. The van der Waals surface area contributed by atoms with E-state index in [-0.39, 0.29) is 19.2 Å². The number of ether oxygens (including phenoxy) is 6. The Labute approximate surface area is 169 Å². The highest BCUT2D eigenvalue weighted by Crippen LogP contribution is 2.07. The Hall–Kier alpha value is -1.22. The van der Waals surface area contributed by atoms with Gasteiger partial charge in [-0.1, -0.05) is 39.0 Å². The minimum atomic E-state index is -0.407. The first-order chi connectivity index (χ1) is 13.7. The van der Waals surface area contributed by atoms with Crippen LogP contribution < -0.4 is 0 Å². The largest absolute Gasteiger partial charge is 0.467 e. The van der Waals surface area contributed by atoms with Gasteiger partial charge in [-0.15, -0.1) is 0 Å². The SMILES string of the molecule is CCCCCCCCC(=O)OCCOCCOCCOCCOCC(=O)OC. The molecule has 0 saturated carbocycles. The van der Waals surface area contributed by atoms with Gasteiger partial charge in [-0.05, 0) is 6.42 Å². The Kier molecular flexibility index (Phi) is 21.1. The highest BCUT2D eigenvalue weighted by molar-refractivity contribution is 5.70. The average molecular weight is 407 g/mol. The molecule has 0 spiro atoms. The predicted molar refractivity (Wildman–Crippen MR) is 104 cm³/mol. The van der Waals surface area contributed by atoms with Gasteiger partial charge >= 0.3 is 11.9 Å². The van der Waals surface area contributed by atoms with E-state index >= 15 is 0 Å². The monoisotopic (exact) mass is 406 g/mol. The van der Waals surface area contributed by atoms with Crippen LogP contribution in [0.5, 0.6) is 0 Å². The summed E-state index contributed by atoms with van der Waals surface area (Å²) in [5.74, 6) is -0.557. The molecule has 0 aliphatic rings. The van der Waals surface area contributed by atoms with Gasteiger partial charge in [0.1, 0.15) is 13.2 Å². The summed E-state index contributed by atoms with van der Waals surface area (Å²) in [5, 5.41) is 0. The van der Waals surface area contributed by atoms with Crippen LogP contribution in [0.4, 0.5) is 0 Å². The van der Waals surface area contributed by atoms with Gasteiger partial charge < -0.3 is 28.4 Å². The maximum Gasteiger partial charge on any atom is 0.331 e. The van der Waals surface area contributed by atoms with E-state index in [1.165, 1.54) is 32.8 Å². The van der Waals surface area contributed by atoms with E-state index in [1.54, 1.807) is 0 Å². The third-order valence-corrected chi connectivity index (χ3v) is 3.79. The van der Waals surface area contributed by atoms with Crippen molar-refractivity contribution in [2.45, 2.75) is 51.9 Å². The van der Waals surface area contributed by atoms with Gasteiger partial charge in [0, 0.05) is 6.42 Å². The second kappa shape index (κ2) is 22.1. The van der Waals surface area contributed by atoms with Crippen molar-refractivity contribution in [2.24, 2.45) is 0 Å². The van der Waals surface area contributed by atoms with Crippen LogP contribution in [0.2, 0.25) is 0 Å². The average Bonchev–Trinajstić information content (AvgIpc) is 2.70. The molecule has 0 aromatic carbocycles. The van der Waals surface area contributed by atoms with Crippen LogP contribution in [0.15, 0.2) is 0 Å². The molecule has 0 N–H and O–H groups in total. The maximum absolute atomic E-state index is 11.5. The Bertz CT molecular complexity index is 362. The summed E-state index contributed by atoms with van der Waals surface area (Å²) in [6, 6.07) is 0. The first-order valence-electron chi connectivity index (χ1n) is 10.2. The van der Waals surface area contributed by atoms with Crippen LogP contribution in [-0.4, -0.2) is 78.5 Å². The highest BCUT2D eigenvalue weighted by atomic mass is 16.6. The van der Waals surface area contributed by atoms with Crippen LogP contribution in [0.1, 0.15) is 51.9 Å². The van der Waals surface area contributed by atoms with Crippen molar-refractivity contribution in [3.8, 4) is 0 Å². The van der Waals surface area contributed by atoms with Crippen molar-refractivity contribution < 1.29 is 38.0 Å². The number of rotatable bonds is 21. The lowest BCUT2D eigenvalue weighted by molar-refractivity contribution is -0.147. The molecule has 0 rings (SSSR count). The molecule has 0 aliphatic heterocycles. The van der Waals surface area contributed by atoms with Gasteiger partial charge in [-0.25, -0.2) is 4.79 Å². The molecule has 0 fully saturated rings. The second-order valence-electron chi connectivity index (χ2n) is 6.20. The standard InChI is InChI=1S/C20H38O8/c1-3-4-5-6-7-8-9-19(21)28-17-16-26-13-12-24-10-11-25-14-15-27-18-20(22)23-2/h3-18H2,1-2H3. The van der Waals surface area contributed by atoms with E-state index in [0.29, 0.717) is 52.7 Å². The number of unbranched alkanes of at least 4 members (excludes halogenated alkanes) is 5. The van der Waals surface area contributed by atoms with E-state index in [9.17, 15) is 9.59 Å². The van der Waals surface area contributed by atoms with Crippen LogP contribution in [0.25, 0.3) is 0 Å². The minimum Gasteiger partial charge on any atom is -0.467 e. The zero-order valence-electron chi connectivity index (χ0n) is 17.6. The van der Waals surface area contributed by atoms with Gasteiger partial charge in [-0.2, -0.15) is 0 Å². The number of esters is 2. The second-order valence-corrected chi connectivity index (χ2v) is 6.20. The molecule has 0 radical (unpaired) electrons. The van der Waals surface area contributed by atoms with E-state index in [0.717, 1.165) is 12.8 Å². The molecule has 0 aliphatic carbocycles. The lowest BCUT2D eigenvalue weighted by Crippen LogP contribution is -2.16. The summed E-state index contributed by atoms with van der Waals surface area (Å²) in [6.07, 6.45) is 7.42. The first kappa shape index (κ1) is 26.8. The Morgan fingerprint density at radius 3 is 1.68 bits per heavy atom. The number of hydrogen-bond acceptors (Lipinski definition) is 8. The summed E-state index contributed by atoms with van der Waals surface area (Å²) >= 11 is 0. The van der Waals surface area contributed by atoms with E-state index in [4.69, 9.17) is 23.7 Å². The third kappa shape index (κ3) is 21.1. The summed E-state index contributed by atoms with van der Waals surface area (Å²) in [6.45, 7) is 5.29. The minimum absolute atomic E-state index is 0.0674. The van der Waals surface area contributed by atoms with Gasteiger partial charge in [0.05, 0.1) is 53.4 Å². The highest BCUT2D eigenvalue weighted by Gasteiger charge is 2.02. The molecule has 0 atom stereocenters. The van der Waals surface area contributed by atoms with Crippen molar-refractivity contribution in [3.05, 3.63) is 0 Å². The van der Waals surface area contributed by atoms with E-state index in [2.05, 4.69) is 11.7 Å². The number of carbonyl (C=O) groups excluding carboxylic acids is 2. The fourth-order valence-corrected chi connectivity index (χ4v) is 2.21. The topological polar surface area (TPSA) is 89.5 Å². The van der Waals surface area contributed by atoms with Crippen LogP contribution in [0, 0.1) is 0 Å². The van der Waals surface area contributed by atoms with Crippen LogP contribution >= 0.6 is 0 Å². The normalized spacial score (nSPS) is 10.8. The molecule has 0 unspecified atom stereocenters. The Balaban J connectivity index is 3.15. The number of carbonyl (C=O) groups is 2. The van der Waals surface area contributed by atoms with Crippen molar-refractivity contribution in [2.75, 3.05) is 66.6 Å². The Morgan fingerprint density at radius 2 is 1.11 bits per heavy atom. The first-order valence-corrected chi connectivity index (χ1v) is 10.2. The summed E-state index contributed by atoms with van der Waals surface area (Å²) in [4.78, 5) is 22.3.